The number of carbonyl (C=O) groups excluding carboxylic acids is 3. The molecule has 2 heterocycles. The van der Waals surface area contributed by atoms with Gasteiger partial charge in [0.1, 0.15) is 0 Å². The van der Waals surface area contributed by atoms with Gasteiger partial charge in [-0.25, -0.2) is 9.59 Å². The van der Waals surface area contributed by atoms with Crippen LogP contribution in [0.3, 0.4) is 0 Å². The van der Waals surface area contributed by atoms with Crippen LogP contribution in [0, 0.1) is 0 Å². The Morgan fingerprint density at radius 1 is 1.16 bits per heavy atom. The van der Waals surface area contributed by atoms with Crippen LogP contribution in [-0.2, 0) is 14.3 Å². The van der Waals surface area contributed by atoms with Crippen LogP contribution >= 0.6 is 22.7 Å². The topological polar surface area (TPSA) is 84.5 Å². The first-order valence-corrected chi connectivity index (χ1v) is 9.40. The number of ether oxygens (including phenoxy) is 1. The maximum Gasteiger partial charge on any atom is 0.340 e. The molecule has 0 saturated carbocycles. The highest BCUT2D eigenvalue weighted by Crippen LogP contribution is 2.25. The maximum absolute atomic E-state index is 12.4. The molecule has 0 spiro atoms. The van der Waals surface area contributed by atoms with Crippen molar-refractivity contribution >= 4 is 52.2 Å². The Kier molecular flexibility index (Phi) is 7.36. The van der Waals surface area contributed by atoms with Gasteiger partial charge in [-0.15, -0.1) is 22.7 Å². The molecule has 0 saturated heterocycles. The second-order valence-electron chi connectivity index (χ2n) is 4.93. The first-order chi connectivity index (χ1) is 12.1. The quantitative estimate of drug-likeness (QED) is 0.573. The minimum absolute atomic E-state index is 0.376. The van der Waals surface area contributed by atoms with Crippen molar-refractivity contribution in [2.75, 3.05) is 13.2 Å². The zero-order chi connectivity index (χ0) is 18.1. The lowest BCUT2D eigenvalue weighted by Gasteiger charge is -2.08. The highest BCUT2D eigenvalue weighted by atomic mass is 32.1. The van der Waals surface area contributed by atoms with Crippen molar-refractivity contribution in [2.45, 2.75) is 13.3 Å². The predicted octanol–water partition coefficient (Wildman–Crippen LogP) is 3.13. The summed E-state index contributed by atoms with van der Waals surface area (Å²) in [5, 5.41) is 8.38. The number of esters is 1. The summed E-state index contributed by atoms with van der Waals surface area (Å²) in [6.07, 6.45) is 2.49. The van der Waals surface area contributed by atoms with Crippen molar-refractivity contribution < 1.29 is 19.1 Å². The van der Waals surface area contributed by atoms with E-state index in [2.05, 4.69) is 10.6 Å². The van der Waals surface area contributed by atoms with Gasteiger partial charge in [-0.2, -0.15) is 0 Å². The molecule has 0 atom stereocenters. The molecule has 0 aliphatic rings. The molecule has 2 N–H and O–H groups in total. The monoisotopic (exact) mass is 378 g/mol. The Bertz CT molecular complexity index is 737. The van der Waals surface area contributed by atoms with Gasteiger partial charge < -0.3 is 10.1 Å². The van der Waals surface area contributed by atoms with E-state index < -0.39 is 24.5 Å². The SMILES string of the molecule is CCCNC(=O)NC(=O)COC(=O)/C(=C/c1cccs1)c1cccs1. The molecule has 0 aromatic carbocycles. The van der Waals surface area contributed by atoms with Crippen molar-refractivity contribution in [2.24, 2.45) is 0 Å². The van der Waals surface area contributed by atoms with E-state index in [1.54, 1.807) is 6.08 Å². The minimum Gasteiger partial charge on any atom is -0.452 e. The van der Waals surface area contributed by atoms with Crippen LogP contribution in [-0.4, -0.2) is 31.1 Å². The van der Waals surface area contributed by atoms with E-state index in [1.807, 2.05) is 41.9 Å². The van der Waals surface area contributed by atoms with E-state index in [4.69, 9.17) is 4.74 Å². The first-order valence-electron chi connectivity index (χ1n) is 7.64. The van der Waals surface area contributed by atoms with Crippen LogP contribution in [0.5, 0.6) is 0 Å². The molecule has 0 fully saturated rings. The van der Waals surface area contributed by atoms with Gasteiger partial charge in [-0.1, -0.05) is 19.1 Å². The molecular weight excluding hydrogens is 360 g/mol. The molecular formula is C17H18N2O4S2. The van der Waals surface area contributed by atoms with Crippen molar-refractivity contribution in [1.29, 1.82) is 0 Å². The molecule has 0 aliphatic carbocycles. The fourth-order valence-electron chi connectivity index (χ4n) is 1.83. The van der Waals surface area contributed by atoms with Crippen molar-refractivity contribution in [3.8, 4) is 0 Å². The number of urea groups is 1. The Balaban J connectivity index is 1.96. The summed E-state index contributed by atoms with van der Waals surface area (Å²) in [5.41, 5.74) is 0.376. The number of amides is 3. The third-order valence-corrected chi connectivity index (χ3v) is 4.68. The number of thiophene rings is 2. The smallest absolute Gasteiger partial charge is 0.340 e. The van der Waals surface area contributed by atoms with E-state index >= 15 is 0 Å². The maximum atomic E-state index is 12.4. The molecule has 25 heavy (non-hydrogen) atoms. The average molecular weight is 378 g/mol. The summed E-state index contributed by atoms with van der Waals surface area (Å²) in [6, 6.07) is 6.81. The van der Waals surface area contributed by atoms with Crippen LogP contribution in [0.1, 0.15) is 23.1 Å². The molecule has 132 valence electrons. The van der Waals surface area contributed by atoms with Gasteiger partial charge in [0.2, 0.25) is 0 Å². The van der Waals surface area contributed by atoms with Gasteiger partial charge in [-0.3, -0.25) is 10.1 Å². The van der Waals surface area contributed by atoms with E-state index in [0.29, 0.717) is 12.1 Å². The fourth-order valence-corrected chi connectivity index (χ4v) is 3.22. The molecule has 0 aliphatic heterocycles. The predicted molar refractivity (Wildman–Crippen MR) is 99.3 cm³/mol. The summed E-state index contributed by atoms with van der Waals surface area (Å²) in [5.74, 6) is -1.29. The normalized spacial score (nSPS) is 11.0. The lowest BCUT2D eigenvalue weighted by Crippen LogP contribution is -2.41. The lowest BCUT2D eigenvalue weighted by molar-refractivity contribution is -0.142. The summed E-state index contributed by atoms with van der Waals surface area (Å²) >= 11 is 2.90. The van der Waals surface area contributed by atoms with Crippen LogP contribution < -0.4 is 10.6 Å². The van der Waals surface area contributed by atoms with Crippen LogP contribution in [0.15, 0.2) is 35.0 Å². The van der Waals surface area contributed by atoms with Crippen LogP contribution in [0.2, 0.25) is 0 Å². The van der Waals surface area contributed by atoms with E-state index in [1.165, 1.54) is 22.7 Å². The number of carbonyl (C=O) groups is 3. The number of rotatable bonds is 7. The van der Waals surface area contributed by atoms with Crippen molar-refractivity contribution in [1.82, 2.24) is 10.6 Å². The van der Waals surface area contributed by atoms with Crippen LogP contribution in [0.25, 0.3) is 11.6 Å². The van der Waals surface area contributed by atoms with E-state index in [-0.39, 0.29) is 0 Å². The zero-order valence-electron chi connectivity index (χ0n) is 13.6. The van der Waals surface area contributed by atoms with Crippen molar-refractivity contribution in [3.05, 3.63) is 44.8 Å². The van der Waals surface area contributed by atoms with Crippen LogP contribution in [0.4, 0.5) is 4.79 Å². The molecule has 2 aromatic heterocycles. The molecule has 6 nitrogen and oxygen atoms in total. The molecule has 2 aromatic rings. The lowest BCUT2D eigenvalue weighted by atomic mass is 10.2. The van der Waals surface area contributed by atoms with Gasteiger partial charge in [0.25, 0.3) is 5.91 Å². The largest absolute Gasteiger partial charge is 0.452 e. The Morgan fingerprint density at radius 2 is 1.92 bits per heavy atom. The molecule has 0 bridgehead atoms. The standard InChI is InChI=1S/C17H18N2O4S2/c1-2-7-18-17(22)19-15(20)11-23-16(21)13(14-6-4-9-25-14)10-12-5-3-8-24-12/h3-6,8-10H,2,7,11H2,1H3,(H2,18,19,20,22)/b13-10+. The number of hydrogen-bond donors (Lipinski definition) is 2. The minimum atomic E-state index is -0.677. The zero-order valence-corrected chi connectivity index (χ0v) is 15.2. The third-order valence-electron chi connectivity index (χ3n) is 2.96. The molecule has 2 rings (SSSR count). The molecule has 3 amide bonds. The summed E-state index contributed by atoms with van der Waals surface area (Å²) in [7, 11) is 0. The highest BCUT2D eigenvalue weighted by molar-refractivity contribution is 7.12. The third kappa shape index (κ3) is 6.17. The van der Waals surface area contributed by atoms with Gasteiger partial charge in [-0.05, 0) is 35.4 Å². The Labute approximate surface area is 153 Å². The Morgan fingerprint density at radius 3 is 2.56 bits per heavy atom. The molecule has 0 unspecified atom stereocenters. The van der Waals surface area contributed by atoms with Gasteiger partial charge in [0.05, 0.1) is 5.57 Å². The number of imide groups is 1. The fraction of sp³-hybridized carbons (Fsp3) is 0.235. The highest BCUT2D eigenvalue weighted by Gasteiger charge is 2.17. The van der Waals surface area contributed by atoms with E-state index in [9.17, 15) is 14.4 Å². The summed E-state index contributed by atoms with van der Waals surface area (Å²) in [4.78, 5) is 37.1. The first kappa shape index (κ1) is 18.9. The molecule has 8 heteroatoms. The summed E-state index contributed by atoms with van der Waals surface area (Å²) in [6.45, 7) is 1.84. The number of hydrogen-bond acceptors (Lipinski definition) is 6. The number of nitrogens with one attached hydrogen (secondary N) is 2. The van der Waals surface area contributed by atoms with Gasteiger partial charge >= 0.3 is 12.0 Å². The molecule has 0 radical (unpaired) electrons. The van der Waals surface area contributed by atoms with Crippen molar-refractivity contribution in [3.63, 3.8) is 0 Å². The summed E-state index contributed by atoms with van der Waals surface area (Å²) < 4.78 is 5.06. The van der Waals surface area contributed by atoms with Gasteiger partial charge in [0.15, 0.2) is 6.61 Å². The average Bonchev–Trinajstić information content (AvgIpc) is 3.29. The second-order valence-corrected chi connectivity index (χ2v) is 6.86. The second kappa shape index (κ2) is 9.75. The van der Waals surface area contributed by atoms with E-state index in [0.717, 1.165) is 16.2 Å². The Hall–Kier alpha value is -2.45. The van der Waals surface area contributed by atoms with Gasteiger partial charge in [0, 0.05) is 16.3 Å².